The van der Waals surface area contributed by atoms with Crippen LogP contribution in [0.4, 0.5) is 0 Å². The third-order valence-corrected chi connectivity index (χ3v) is 1.94. The first kappa shape index (κ1) is 9.74. The van der Waals surface area contributed by atoms with Gasteiger partial charge in [0.1, 0.15) is 0 Å². The molecule has 2 N–H and O–H groups in total. The molecule has 0 aromatic heterocycles. The molecule has 0 bridgehead atoms. The molecule has 0 fully saturated rings. The Labute approximate surface area is 77.4 Å². The van der Waals surface area contributed by atoms with Crippen molar-refractivity contribution in [2.75, 3.05) is 13.2 Å². The second kappa shape index (κ2) is 5.32. The molecule has 1 unspecified atom stereocenters. The van der Waals surface area contributed by atoms with E-state index in [1.54, 1.807) is 0 Å². The van der Waals surface area contributed by atoms with E-state index in [1.807, 2.05) is 30.3 Å². The summed E-state index contributed by atoms with van der Waals surface area (Å²) in [5, 5.41) is 11.6. The molecule has 13 heavy (non-hydrogen) atoms. The normalized spacial score (nSPS) is 12.1. The van der Waals surface area contributed by atoms with Crippen LogP contribution in [0, 0.1) is 0 Å². The number of benzene rings is 1. The summed E-state index contributed by atoms with van der Waals surface area (Å²) in [4.78, 5) is 10.1. The lowest BCUT2D eigenvalue weighted by Crippen LogP contribution is -2.22. The Balaban J connectivity index is 2.61. The lowest BCUT2D eigenvalue weighted by Gasteiger charge is -2.13. The van der Waals surface area contributed by atoms with Crippen molar-refractivity contribution < 1.29 is 9.90 Å². The third-order valence-electron chi connectivity index (χ3n) is 1.94. The molecule has 1 aromatic carbocycles. The fraction of sp³-hybridized carbons (Fsp3) is 0.300. The zero-order valence-electron chi connectivity index (χ0n) is 7.31. The Morgan fingerprint density at radius 3 is 2.62 bits per heavy atom. The van der Waals surface area contributed by atoms with Gasteiger partial charge in [-0.15, -0.1) is 0 Å². The van der Waals surface area contributed by atoms with Crippen LogP contribution in [-0.4, -0.2) is 24.7 Å². The molecule has 0 aliphatic rings. The summed E-state index contributed by atoms with van der Waals surface area (Å²) in [6.07, 6.45) is 0.644. The number of hydrogen-bond donors (Lipinski definition) is 2. The maximum atomic E-state index is 10.1. The van der Waals surface area contributed by atoms with Gasteiger partial charge in [0.15, 0.2) is 0 Å². The van der Waals surface area contributed by atoms with Crippen molar-refractivity contribution in [1.29, 1.82) is 0 Å². The smallest absolute Gasteiger partial charge is 0.207 e. The van der Waals surface area contributed by atoms with Gasteiger partial charge in [-0.2, -0.15) is 0 Å². The largest absolute Gasteiger partial charge is 0.396 e. The van der Waals surface area contributed by atoms with Gasteiger partial charge in [0.25, 0.3) is 0 Å². The molecule has 1 aromatic rings. The van der Waals surface area contributed by atoms with Crippen LogP contribution in [0.15, 0.2) is 30.3 Å². The highest BCUT2D eigenvalue weighted by molar-refractivity contribution is 5.46. The monoisotopic (exact) mass is 179 g/mol. The van der Waals surface area contributed by atoms with Crippen molar-refractivity contribution in [3.05, 3.63) is 35.9 Å². The van der Waals surface area contributed by atoms with E-state index in [9.17, 15) is 4.79 Å². The van der Waals surface area contributed by atoms with Crippen molar-refractivity contribution in [3.8, 4) is 0 Å². The second-order valence-corrected chi connectivity index (χ2v) is 2.82. The average molecular weight is 179 g/mol. The number of aliphatic hydroxyl groups excluding tert-OH is 1. The number of amides is 1. The molecule has 0 saturated heterocycles. The van der Waals surface area contributed by atoms with Crippen LogP contribution in [0.25, 0.3) is 0 Å². The van der Waals surface area contributed by atoms with Gasteiger partial charge in [0.2, 0.25) is 6.41 Å². The van der Waals surface area contributed by atoms with Crippen molar-refractivity contribution in [1.82, 2.24) is 5.32 Å². The van der Waals surface area contributed by atoms with Crippen molar-refractivity contribution >= 4 is 6.41 Å². The van der Waals surface area contributed by atoms with E-state index in [4.69, 9.17) is 5.11 Å². The Morgan fingerprint density at radius 2 is 2.08 bits per heavy atom. The molecule has 0 heterocycles. The molecule has 3 heteroatoms. The predicted octanol–water partition coefficient (Wildman–Crippen LogP) is 0.508. The molecular formula is C10H13NO2. The highest BCUT2D eigenvalue weighted by Gasteiger charge is 2.08. The molecular weight excluding hydrogens is 166 g/mol. The molecule has 0 saturated carbocycles. The Morgan fingerprint density at radius 1 is 1.38 bits per heavy atom. The van der Waals surface area contributed by atoms with E-state index in [0.29, 0.717) is 13.0 Å². The van der Waals surface area contributed by atoms with Gasteiger partial charge in [0.05, 0.1) is 6.61 Å². The topological polar surface area (TPSA) is 49.3 Å². The van der Waals surface area contributed by atoms with Crippen molar-refractivity contribution in [3.63, 3.8) is 0 Å². The summed E-state index contributed by atoms with van der Waals surface area (Å²) < 4.78 is 0. The minimum atomic E-state index is -0.00796. The third kappa shape index (κ3) is 2.87. The highest BCUT2D eigenvalue weighted by Crippen LogP contribution is 2.12. The predicted molar refractivity (Wildman–Crippen MR) is 50.3 cm³/mol. The molecule has 70 valence electrons. The average Bonchev–Trinajstić information content (AvgIpc) is 2.21. The Bertz CT molecular complexity index is 248. The van der Waals surface area contributed by atoms with Crippen LogP contribution >= 0.6 is 0 Å². The molecule has 1 atom stereocenters. The number of hydrogen-bond acceptors (Lipinski definition) is 2. The number of aliphatic hydroxyl groups is 1. The Hall–Kier alpha value is -1.35. The molecule has 0 aliphatic heterocycles. The van der Waals surface area contributed by atoms with Gasteiger partial charge in [-0.05, 0) is 5.56 Å². The van der Waals surface area contributed by atoms with Gasteiger partial charge in [-0.1, -0.05) is 30.3 Å². The first-order valence-corrected chi connectivity index (χ1v) is 4.21. The van der Waals surface area contributed by atoms with E-state index in [1.165, 1.54) is 0 Å². The first-order valence-electron chi connectivity index (χ1n) is 4.21. The molecule has 0 spiro atoms. The maximum Gasteiger partial charge on any atom is 0.207 e. The molecule has 0 aliphatic carbocycles. The fourth-order valence-electron chi connectivity index (χ4n) is 1.20. The summed E-state index contributed by atoms with van der Waals surface area (Å²) in [7, 11) is 0. The second-order valence-electron chi connectivity index (χ2n) is 2.82. The number of rotatable bonds is 5. The van der Waals surface area contributed by atoms with Crippen LogP contribution in [0.2, 0.25) is 0 Å². The Kier molecular flexibility index (Phi) is 3.99. The van der Waals surface area contributed by atoms with Crippen molar-refractivity contribution in [2.45, 2.75) is 5.92 Å². The molecule has 0 radical (unpaired) electrons. The summed E-state index contributed by atoms with van der Waals surface area (Å²) in [5.41, 5.74) is 1.04. The van der Waals surface area contributed by atoms with E-state index in [2.05, 4.69) is 5.32 Å². The molecule has 3 nitrogen and oxygen atoms in total. The summed E-state index contributed by atoms with van der Waals surface area (Å²) >= 11 is 0. The van der Waals surface area contributed by atoms with E-state index in [0.717, 1.165) is 5.56 Å². The maximum absolute atomic E-state index is 10.1. The van der Waals surface area contributed by atoms with E-state index in [-0.39, 0.29) is 12.5 Å². The molecule has 1 rings (SSSR count). The van der Waals surface area contributed by atoms with Gasteiger partial charge < -0.3 is 10.4 Å². The zero-order valence-corrected chi connectivity index (χ0v) is 7.31. The quantitative estimate of drug-likeness (QED) is 0.647. The first-order chi connectivity index (χ1) is 6.38. The number of carbonyl (C=O) groups excluding carboxylic acids is 1. The summed E-state index contributed by atoms with van der Waals surface area (Å²) in [6, 6.07) is 9.63. The van der Waals surface area contributed by atoms with Crippen LogP contribution in [0.1, 0.15) is 11.5 Å². The molecule has 1 amide bonds. The van der Waals surface area contributed by atoms with Gasteiger partial charge in [0, 0.05) is 12.5 Å². The van der Waals surface area contributed by atoms with Gasteiger partial charge in [-0.25, -0.2) is 0 Å². The van der Waals surface area contributed by atoms with E-state index < -0.39 is 0 Å². The highest BCUT2D eigenvalue weighted by atomic mass is 16.3. The van der Waals surface area contributed by atoms with Gasteiger partial charge >= 0.3 is 0 Å². The summed E-state index contributed by atoms with van der Waals surface area (Å²) in [5.74, 6) is -0.00796. The van der Waals surface area contributed by atoms with Gasteiger partial charge in [-0.3, -0.25) is 4.79 Å². The van der Waals surface area contributed by atoms with Crippen molar-refractivity contribution in [2.24, 2.45) is 0 Å². The van der Waals surface area contributed by atoms with E-state index >= 15 is 0 Å². The fourth-order valence-corrected chi connectivity index (χ4v) is 1.20. The minimum Gasteiger partial charge on any atom is -0.396 e. The van der Waals surface area contributed by atoms with Crippen LogP contribution in [-0.2, 0) is 4.79 Å². The number of carbonyl (C=O) groups is 1. The van der Waals surface area contributed by atoms with Crippen LogP contribution < -0.4 is 5.32 Å². The number of nitrogens with one attached hydrogen (secondary N) is 1. The lowest BCUT2D eigenvalue weighted by atomic mass is 10.0. The summed E-state index contributed by atoms with van der Waals surface area (Å²) in [6.45, 7) is 0.523. The lowest BCUT2D eigenvalue weighted by molar-refractivity contribution is -0.109. The SMILES string of the molecule is O=CNCC(CO)c1ccccc1. The minimum absolute atomic E-state index is 0.00796. The standard InChI is InChI=1S/C10H13NO2/c12-7-10(6-11-8-13)9-4-2-1-3-5-9/h1-5,8,10,12H,6-7H2,(H,11,13). The van der Waals surface area contributed by atoms with Crippen LogP contribution in [0.5, 0.6) is 0 Å². The zero-order chi connectivity index (χ0) is 9.52. The van der Waals surface area contributed by atoms with Crippen LogP contribution in [0.3, 0.4) is 0 Å².